The summed E-state index contributed by atoms with van der Waals surface area (Å²) in [4.78, 5) is 18.4. The number of amides is 1. The van der Waals surface area contributed by atoms with E-state index in [9.17, 15) is 14.4 Å². The molecule has 0 saturated carbocycles. The number of fused-ring (bicyclic) bond motifs is 1. The molecule has 0 spiro atoms. The summed E-state index contributed by atoms with van der Waals surface area (Å²) in [7, 11) is 0. The molecule has 0 unspecified atom stereocenters. The van der Waals surface area contributed by atoms with Gasteiger partial charge in [0.2, 0.25) is 5.91 Å². The molecule has 2 atom stereocenters. The number of carbonyl (C=O) groups excluding carboxylic acids is 1. The van der Waals surface area contributed by atoms with Gasteiger partial charge in [-0.2, -0.15) is 10.4 Å². The molecule has 1 amide bonds. The van der Waals surface area contributed by atoms with Gasteiger partial charge < -0.3 is 0 Å². The van der Waals surface area contributed by atoms with Gasteiger partial charge in [-0.3, -0.25) is 9.69 Å². The lowest BCUT2D eigenvalue weighted by Crippen LogP contribution is -2.39. The van der Waals surface area contributed by atoms with E-state index in [1.165, 1.54) is 15.6 Å². The molecule has 1 fully saturated rings. The Morgan fingerprint density at radius 2 is 2.26 bits per heavy atom. The van der Waals surface area contributed by atoms with Crippen molar-refractivity contribution in [2.75, 3.05) is 11.4 Å². The molecule has 0 radical (unpaired) electrons. The summed E-state index contributed by atoms with van der Waals surface area (Å²) in [5.41, 5.74) is -1.08. The summed E-state index contributed by atoms with van der Waals surface area (Å²) in [6, 6.07) is 2.18. The fourth-order valence-corrected chi connectivity index (χ4v) is 3.51. The highest BCUT2D eigenvalue weighted by molar-refractivity contribution is 6.29. The molecule has 0 bridgehead atoms. The molecule has 0 N–H and O–H groups in total. The monoisotopic (exact) mass is 335 g/mol. The Hall–Kier alpha value is -2.20. The van der Waals surface area contributed by atoms with Crippen LogP contribution in [-0.2, 0) is 4.79 Å². The smallest absolute Gasteiger partial charge is 0.249 e. The molecule has 1 aliphatic rings. The fourth-order valence-electron chi connectivity index (χ4n) is 3.34. The molecule has 2 aromatic rings. The lowest BCUT2D eigenvalue weighted by Gasteiger charge is -2.27. The highest BCUT2D eigenvalue weighted by Gasteiger charge is 2.55. The Morgan fingerprint density at radius 3 is 2.83 bits per heavy atom. The van der Waals surface area contributed by atoms with Crippen molar-refractivity contribution in [2.45, 2.75) is 20.8 Å². The van der Waals surface area contributed by atoms with Crippen LogP contribution in [0.1, 0.15) is 20.8 Å². The molecule has 0 aromatic carbocycles. The third-order valence-corrected chi connectivity index (χ3v) is 4.77. The van der Waals surface area contributed by atoms with Crippen LogP contribution in [0.4, 0.5) is 10.2 Å². The number of aromatic nitrogens is 3. The van der Waals surface area contributed by atoms with Crippen LogP contribution >= 0.6 is 11.6 Å². The Morgan fingerprint density at radius 1 is 1.57 bits per heavy atom. The average Bonchev–Trinajstić information content (AvgIpc) is 2.97. The second kappa shape index (κ2) is 5.17. The first-order valence-electron chi connectivity index (χ1n) is 7.25. The topological polar surface area (TPSA) is 74.3 Å². The Bertz CT molecular complexity index is 842. The highest BCUT2D eigenvalue weighted by atomic mass is 35.5. The predicted octanol–water partition coefficient (Wildman–Crippen LogP) is 2.67. The van der Waals surface area contributed by atoms with E-state index in [0.29, 0.717) is 0 Å². The maximum atomic E-state index is 14.1. The first-order chi connectivity index (χ1) is 10.8. The Balaban J connectivity index is 2.20. The summed E-state index contributed by atoms with van der Waals surface area (Å²) in [6.45, 7) is 5.79. The second-order valence-electron chi connectivity index (χ2n) is 6.13. The maximum absolute atomic E-state index is 14.1. The van der Waals surface area contributed by atoms with Crippen LogP contribution in [0.25, 0.3) is 5.52 Å². The van der Waals surface area contributed by atoms with Crippen molar-refractivity contribution in [1.29, 1.82) is 5.26 Å². The standard InChI is InChI=1S/C15H15ClFN5O/c1-8(2)15(7-18)9(3)5-21(14(15)23)13-12-10(17)4-19-22(12)6-11(16)20-13/h4,6,8-9H,5H2,1-3H3/t9-,15-/m1/s1. The zero-order valence-corrected chi connectivity index (χ0v) is 13.7. The van der Waals surface area contributed by atoms with E-state index in [1.54, 1.807) is 0 Å². The molecule has 120 valence electrons. The normalized spacial score (nSPS) is 24.7. The quantitative estimate of drug-likeness (QED) is 0.845. The molecule has 2 aromatic heterocycles. The molecular formula is C15H15ClFN5O. The van der Waals surface area contributed by atoms with Crippen molar-refractivity contribution >= 4 is 28.8 Å². The first-order valence-corrected chi connectivity index (χ1v) is 7.63. The van der Waals surface area contributed by atoms with Gasteiger partial charge in [0.15, 0.2) is 11.6 Å². The predicted molar refractivity (Wildman–Crippen MR) is 82.4 cm³/mol. The lowest BCUT2D eigenvalue weighted by molar-refractivity contribution is -0.125. The van der Waals surface area contributed by atoms with Crippen LogP contribution in [0.2, 0.25) is 5.15 Å². The summed E-state index contributed by atoms with van der Waals surface area (Å²) in [6.07, 6.45) is 2.41. The number of carbonyl (C=O) groups is 1. The number of hydrogen-bond donors (Lipinski definition) is 0. The van der Waals surface area contributed by atoms with E-state index in [1.807, 2.05) is 20.8 Å². The summed E-state index contributed by atoms with van der Waals surface area (Å²) < 4.78 is 15.3. The van der Waals surface area contributed by atoms with Gasteiger partial charge in [-0.1, -0.05) is 32.4 Å². The fraction of sp³-hybridized carbons (Fsp3) is 0.467. The lowest BCUT2D eigenvalue weighted by atomic mass is 9.71. The Kier molecular flexibility index (Phi) is 3.52. The van der Waals surface area contributed by atoms with Crippen LogP contribution in [0, 0.1) is 34.4 Å². The summed E-state index contributed by atoms with van der Waals surface area (Å²) >= 11 is 5.97. The molecule has 3 heterocycles. The van der Waals surface area contributed by atoms with Gasteiger partial charge in [-0.05, 0) is 5.92 Å². The highest BCUT2D eigenvalue weighted by Crippen LogP contribution is 2.45. The van der Waals surface area contributed by atoms with Crippen molar-refractivity contribution in [2.24, 2.45) is 17.3 Å². The van der Waals surface area contributed by atoms with Crippen molar-refractivity contribution in [3.8, 4) is 6.07 Å². The van der Waals surface area contributed by atoms with E-state index in [-0.39, 0.29) is 40.8 Å². The van der Waals surface area contributed by atoms with Crippen LogP contribution in [-0.4, -0.2) is 27.0 Å². The largest absolute Gasteiger partial charge is 0.293 e. The number of nitriles is 1. The third kappa shape index (κ3) is 2.01. The van der Waals surface area contributed by atoms with Crippen LogP contribution in [0.15, 0.2) is 12.4 Å². The third-order valence-electron chi connectivity index (χ3n) is 4.59. The van der Waals surface area contributed by atoms with Gasteiger partial charge in [0, 0.05) is 12.5 Å². The average molecular weight is 336 g/mol. The molecular weight excluding hydrogens is 321 g/mol. The minimum Gasteiger partial charge on any atom is -0.293 e. The second-order valence-corrected chi connectivity index (χ2v) is 6.51. The number of halogens is 2. The van der Waals surface area contributed by atoms with E-state index in [2.05, 4.69) is 16.2 Å². The van der Waals surface area contributed by atoms with Gasteiger partial charge in [0.25, 0.3) is 0 Å². The minimum atomic E-state index is -1.16. The molecule has 0 aliphatic carbocycles. The van der Waals surface area contributed by atoms with Gasteiger partial charge in [0.1, 0.15) is 16.1 Å². The molecule has 1 saturated heterocycles. The van der Waals surface area contributed by atoms with E-state index < -0.39 is 11.2 Å². The van der Waals surface area contributed by atoms with Crippen LogP contribution < -0.4 is 4.90 Å². The van der Waals surface area contributed by atoms with Crippen molar-refractivity contribution < 1.29 is 9.18 Å². The van der Waals surface area contributed by atoms with Gasteiger partial charge >= 0.3 is 0 Å². The number of rotatable bonds is 2. The van der Waals surface area contributed by atoms with E-state index >= 15 is 0 Å². The number of nitrogens with zero attached hydrogens (tertiary/aromatic N) is 5. The molecule has 1 aliphatic heterocycles. The van der Waals surface area contributed by atoms with Crippen molar-refractivity contribution in [3.63, 3.8) is 0 Å². The van der Waals surface area contributed by atoms with Crippen LogP contribution in [0.3, 0.4) is 0 Å². The molecule has 6 nitrogen and oxygen atoms in total. The van der Waals surface area contributed by atoms with E-state index in [4.69, 9.17) is 11.6 Å². The minimum absolute atomic E-state index is 0.0763. The molecule has 3 rings (SSSR count). The zero-order chi connectivity index (χ0) is 16.9. The van der Waals surface area contributed by atoms with Crippen LogP contribution in [0.5, 0.6) is 0 Å². The molecule has 23 heavy (non-hydrogen) atoms. The first kappa shape index (κ1) is 15.7. The Labute approximate surface area is 137 Å². The number of anilines is 1. The summed E-state index contributed by atoms with van der Waals surface area (Å²) in [5.74, 6) is -1.26. The SMILES string of the molecule is CC(C)[C@@]1(C#N)C(=O)N(c2nc(Cl)cn3ncc(F)c23)C[C@H]1C. The van der Waals surface area contributed by atoms with Crippen molar-refractivity contribution in [3.05, 3.63) is 23.4 Å². The van der Waals surface area contributed by atoms with Gasteiger partial charge in [0.05, 0.1) is 18.5 Å². The maximum Gasteiger partial charge on any atom is 0.249 e. The summed E-state index contributed by atoms with van der Waals surface area (Å²) in [5, 5.41) is 13.6. The molecule has 8 heteroatoms. The van der Waals surface area contributed by atoms with Crippen molar-refractivity contribution in [1.82, 2.24) is 14.6 Å². The number of hydrogen-bond acceptors (Lipinski definition) is 4. The van der Waals surface area contributed by atoms with Gasteiger partial charge in [-0.15, -0.1) is 0 Å². The zero-order valence-electron chi connectivity index (χ0n) is 12.9. The van der Waals surface area contributed by atoms with Gasteiger partial charge in [-0.25, -0.2) is 13.9 Å². The van der Waals surface area contributed by atoms with E-state index in [0.717, 1.165) is 6.20 Å².